The van der Waals surface area contributed by atoms with Crippen molar-refractivity contribution in [2.45, 2.75) is 25.3 Å². The molecule has 1 fully saturated rings. The summed E-state index contributed by atoms with van der Waals surface area (Å²) in [5.41, 5.74) is 2.76. The molecule has 32 heavy (non-hydrogen) atoms. The molecule has 0 bridgehead atoms. The fourth-order valence-corrected chi connectivity index (χ4v) is 4.56. The minimum absolute atomic E-state index is 0.0374. The van der Waals surface area contributed by atoms with Crippen LogP contribution in [0.15, 0.2) is 91.0 Å². The number of carbonyl (C=O) groups is 2. The zero-order chi connectivity index (χ0) is 22.2. The molecule has 1 aliphatic rings. The Labute approximate surface area is 190 Å². The van der Waals surface area contributed by atoms with E-state index >= 15 is 0 Å². The van der Waals surface area contributed by atoms with Gasteiger partial charge < -0.3 is 5.32 Å². The smallest absolute Gasteiger partial charge is 0.251 e. The van der Waals surface area contributed by atoms with Crippen LogP contribution in [0.1, 0.15) is 51.6 Å². The molecule has 1 aliphatic heterocycles. The quantitative estimate of drug-likeness (QED) is 0.507. The lowest BCUT2D eigenvalue weighted by molar-refractivity contribution is 0.0775. The number of piperidine rings is 1. The number of nitrogens with one attached hydrogen (secondary N) is 1. The Hall–Kier alpha value is -3.24. The Kier molecular flexibility index (Phi) is 7.47. The summed E-state index contributed by atoms with van der Waals surface area (Å²) in [6.45, 7) is 2.38. The third-order valence-electron chi connectivity index (χ3n) is 6.32. The lowest BCUT2D eigenvalue weighted by Crippen LogP contribution is -2.40. The highest BCUT2D eigenvalue weighted by molar-refractivity contribution is 5.97. The third kappa shape index (κ3) is 5.51. The van der Waals surface area contributed by atoms with Crippen LogP contribution in [0.4, 0.5) is 0 Å². The van der Waals surface area contributed by atoms with Gasteiger partial charge in [0.15, 0.2) is 5.78 Å². The molecule has 1 atom stereocenters. The molecule has 4 nitrogen and oxygen atoms in total. The number of carbonyl (C=O) groups excluding carboxylic acids is 2. The number of amides is 1. The summed E-state index contributed by atoms with van der Waals surface area (Å²) in [6.07, 6.45) is 2.57. The Bertz CT molecular complexity index is 997. The molecule has 0 aliphatic carbocycles. The minimum atomic E-state index is -0.0374. The lowest BCUT2D eigenvalue weighted by atomic mass is 9.87. The van der Waals surface area contributed by atoms with Gasteiger partial charge in [0.05, 0.1) is 0 Å². The first kappa shape index (κ1) is 22.0. The largest absolute Gasteiger partial charge is 0.352 e. The van der Waals surface area contributed by atoms with Crippen molar-refractivity contribution in [3.8, 4) is 0 Å². The number of likely N-dealkylation sites (tertiary alicyclic amines) is 1. The van der Waals surface area contributed by atoms with E-state index in [9.17, 15) is 9.59 Å². The Balaban J connectivity index is 1.37. The Morgan fingerprint density at radius 3 is 1.91 bits per heavy atom. The maximum absolute atomic E-state index is 12.9. The summed E-state index contributed by atoms with van der Waals surface area (Å²) in [5, 5.41) is 3.07. The molecular weight excluding hydrogens is 396 g/mol. The van der Waals surface area contributed by atoms with Crippen molar-refractivity contribution in [3.63, 3.8) is 0 Å². The fraction of sp³-hybridized carbons (Fsp3) is 0.286. The van der Waals surface area contributed by atoms with Gasteiger partial charge in [-0.25, -0.2) is 0 Å². The van der Waals surface area contributed by atoms with Gasteiger partial charge in [0, 0.05) is 29.6 Å². The Morgan fingerprint density at radius 1 is 0.781 bits per heavy atom. The van der Waals surface area contributed by atoms with E-state index in [-0.39, 0.29) is 23.7 Å². The molecule has 164 valence electrons. The monoisotopic (exact) mass is 426 g/mol. The lowest BCUT2D eigenvalue weighted by Gasteiger charge is -2.37. The van der Waals surface area contributed by atoms with Crippen LogP contribution in [0.5, 0.6) is 0 Å². The standard InChI is InChI=1S/C28H30N2O2/c31-27(23-12-6-2-7-13-23)24-17-20-30(21-18-24)26(22-10-4-1-5-11-22)16-19-29-28(32)25-14-8-3-9-15-25/h1-15,24,26H,16-21H2,(H,29,32). The predicted octanol–water partition coefficient (Wildman–Crippen LogP) is 5.14. The molecule has 1 unspecified atom stereocenters. The Morgan fingerprint density at radius 2 is 1.31 bits per heavy atom. The summed E-state index contributed by atoms with van der Waals surface area (Å²) in [6, 6.07) is 29.7. The molecule has 1 amide bonds. The van der Waals surface area contributed by atoms with E-state index in [1.54, 1.807) is 0 Å². The van der Waals surface area contributed by atoms with Gasteiger partial charge in [-0.1, -0.05) is 78.9 Å². The van der Waals surface area contributed by atoms with Crippen LogP contribution < -0.4 is 5.32 Å². The van der Waals surface area contributed by atoms with Gasteiger partial charge in [0.2, 0.25) is 0 Å². The summed E-state index contributed by atoms with van der Waals surface area (Å²) in [7, 11) is 0. The first-order valence-electron chi connectivity index (χ1n) is 11.4. The van der Waals surface area contributed by atoms with E-state index in [0.29, 0.717) is 12.1 Å². The maximum Gasteiger partial charge on any atom is 0.251 e. The van der Waals surface area contributed by atoms with Gasteiger partial charge in [0.25, 0.3) is 5.91 Å². The molecule has 1 heterocycles. The van der Waals surface area contributed by atoms with Crippen LogP contribution in [-0.4, -0.2) is 36.2 Å². The van der Waals surface area contributed by atoms with Crippen LogP contribution in [-0.2, 0) is 0 Å². The molecule has 4 heteroatoms. The second-order valence-electron chi connectivity index (χ2n) is 8.38. The van der Waals surface area contributed by atoms with Crippen LogP contribution >= 0.6 is 0 Å². The van der Waals surface area contributed by atoms with Gasteiger partial charge in [-0.05, 0) is 50.0 Å². The number of rotatable bonds is 8. The first-order valence-corrected chi connectivity index (χ1v) is 11.4. The number of hydrogen-bond acceptors (Lipinski definition) is 3. The van der Waals surface area contributed by atoms with Crippen molar-refractivity contribution in [2.24, 2.45) is 5.92 Å². The second-order valence-corrected chi connectivity index (χ2v) is 8.38. The molecule has 3 aromatic rings. The van der Waals surface area contributed by atoms with Gasteiger partial charge in [-0.15, -0.1) is 0 Å². The van der Waals surface area contributed by atoms with Crippen molar-refractivity contribution in [2.75, 3.05) is 19.6 Å². The number of hydrogen-bond donors (Lipinski definition) is 1. The normalized spacial score (nSPS) is 15.8. The van der Waals surface area contributed by atoms with E-state index in [1.165, 1.54) is 5.56 Å². The summed E-state index contributed by atoms with van der Waals surface area (Å²) >= 11 is 0. The van der Waals surface area contributed by atoms with Gasteiger partial charge >= 0.3 is 0 Å². The highest BCUT2D eigenvalue weighted by Gasteiger charge is 2.29. The highest BCUT2D eigenvalue weighted by atomic mass is 16.1. The van der Waals surface area contributed by atoms with Crippen molar-refractivity contribution in [1.29, 1.82) is 0 Å². The SMILES string of the molecule is O=C(NCCC(c1ccccc1)N1CCC(C(=O)c2ccccc2)CC1)c1ccccc1. The van der Waals surface area contributed by atoms with Crippen LogP contribution in [0.3, 0.4) is 0 Å². The third-order valence-corrected chi connectivity index (χ3v) is 6.32. The number of Topliss-reactive ketones (excluding diaryl/α,β-unsaturated/α-hetero) is 1. The molecule has 0 radical (unpaired) electrons. The topological polar surface area (TPSA) is 49.4 Å². The molecule has 4 rings (SSSR count). The van der Waals surface area contributed by atoms with E-state index in [1.807, 2.05) is 66.7 Å². The molecule has 0 aromatic heterocycles. The number of ketones is 1. The van der Waals surface area contributed by atoms with Crippen molar-refractivity contribution < 1.29 is 9.59 Å². The van der Waals surface area contributed by atoms with Crippen molar-refractivity contribution in [1.82, 2.24) is 10.2 Å². The van der Waals surface area contributed by atoms with E-state index in [4.69, 9.17) is 0 Å². The second kappa shape index (κ2) is 10.9. The average Bonchev–Trinajstić information content (AvgIpc) is 2.88. The van der Waals surface area contributed by atoms with Crippen LogP contribution in [0.25, 0.3) is 0 Å². The van der Waals surface area contributed by atoms with Gasteiger partial charge in [0.1, 0.15) is 0 Å². The summed E-state index contributed by atoms with van der Waals surface area (Å²) < 4.78 is 0. The van der Waals surface area contributed by atoms with Crippen molar-refractivity contribution in [3.05, 3.63) is 108 Å². The van der Waals surface area contributed by atoms with Crippen LogP contribution in [0, 0.1) is 5.92 Å². The zero-order valence-corrected chi connectivity index (χ0v) is 18.3. The molecule has 3 aromatic carbocycles. The average molecular weight is 427 g/mol. The molecule has 1 saturated heterocycles. The molecular formula is C28H30N2O2. The summed E-state index contributed by atoms with van der Waals surface area (Å²) in [5.74, 6) is 0.309. The van der Waals surface area contributed by atoms with E-state index < -0.39 is 0 Å². The van der Waals surface area contributed by atoms with E-state index in [0.717, 1.165) is 37.9 Å². The van der Waals surface area contributed by atoms with Crippen molar-refractivity contribution >= 4 is 11.7 Å². The van der Waals surface area contributed by atoms with E-state index in [2.05, 4.69) is 34.5 Å². The van der Waals surface area contributed by atoms with Gasteiger partial charge in [-0.2, -0.15) is 0 Å². The molecule has 0 saturated carbocycles. The summed E-state index contributed by atoms with van der Waals surface area (Å²) in [4.78, 5) is 27.8. The van der Waals surface area contributed by atoms with Crippen LogP contribution in [0.2, 0.25) is 0 Å². The maximum atomic E-state index is 12.9. The minimum Gasteiger partial charge on any atom is -0.352 e. The van der Waals surface area contributed by atoms with Gasteiger partial charge in [-0.3, -0.25) is 14.5 Å². The first-order chi connectivity index (χ1) is 15.7. The molecule has 1 N–H and O–H groups in total. The fourth-order valence-electron chi connectivity index (χ4n) is 4.56. The zero-order valence-electron chi connectivity index (χ0n) is 18.3. The number of nitrogens with zero attached hydrogens (tertiary/aromatic N) is 1. The predicted molar refractivity (Wildman–Crippen MR) is 128 cm³/mol. The number of benzene rings is 3. The highest BCUT2D eigenvalue weighted by Crippen LogP contribution is 2.30. The molecule has 0 spiro atoms.